The molecule has 1 unspecified atom stereocenters. The number of hydrogen-bond donors (Lipinski definition) is 1. The summed E-state index contributed by atoms with van der Waals surface area (Å²) in [5.74, 6) is 0.0274. The number of aliphatic carboxylic acids is 1. The summed E-state index contributed by atoms with van der Waals surface area (Å²) in [5, 5.41) is 9.06. The van der Waals surface area contributed by atoms with Gasteiger partial charge in [-0.15, -0.1) is 0 Å². The van der Waals surface area contributed by atoms with Crippen LogP contribution in [0.4, 0.5) is 0 Å². The Morgan fingerprint density at radius 3 is 2.68 bits per heavy atom. The maximum absolute atomic E-state index is 11.9. The number of nitrogens with zero attached hydrogens (tertiary/aromatic N) is 1. The van der Waals surface area contributed by atoms with E-state index in [4.69, 9.17) is 14.6 Å². The van der Waals surface area contributed by atoms with E-state index < -0.39 is 11.9 Å². The van der Waals surface area contributed by atoms with Gasteiger partial charge in [0, 0.05) is 19.5 Å². The van der Waals surface area contributed by atoms with Crippen LogP contribution >= 0.6 is 0 Å². The molecule has 0 aliphatic carbocycles. The van der Waals surface area contributed by atoms with Crippen LogP contribution < -0.4 is 9.47 Å². The average Bonchev–Trinajstić information content (AvgIpc) is 3.06. The Balaban J connectivity index is 1.44. The first-order chi connectivity index (χ1) is 13.5. The fourth-order valence-electron chi connectivity index (χ4n) is 3.24. The number of carboxylic acids is 1. The molecule has 28 heavy (non-hydrogen) atoms. The number of benzene rings is 2. The third-order valence-corrected chi connectivity index (χ3v) is 4.84. The molecular formula is C22H25NO5. The van der Waals surface area contributed by atoms with Crippen molar-refractivity contribution in [3.05, 3.63) is 59.7 Å². The summed E-state index contributed by atoms with van der Waals surface area (Å²) in [5.41, 5.74) is 2.13. The molecule has 3 rings (SSSR count). The van der Waals surface area contributed by atoms with Crippen molar-refractivity contribution in [2.75, 3.05) is 26.3 Å². The highest BCUT2D eigenvalue weighted by atomic mass is 16.5. The SMILES string of the molecule is Cc1ccccc1OCCOc1cccc(CCN2CC(C(=O)O)CC2=O)c1. The lowest BCUT2D eigenvalue weighted by Crippen LogP contribution is -2.28. The van der Waals surface area contributed by atoms with E-state index in [1.165, 1.54) is 0 Å². The summed E-state index contributed by atoms with van der Waals surface area (Å²) in [4.78, 5) is 24.6. The molecule has 1 atom stereocenters. The number of rotatable bonds is 9. The van der Waals surface area contributed by atoms with Crippen molar-refractivity contribution in [1.82, 2.24) is 4.90 Å². The molecule has 148 valence electrons. The molecule has 1 heterocycles. The van der Waals surface area contributed by atoms with Crippen molar-refractivity contribution >= 4 is 11.9 Å². The highest BCUT2D eigenvalue weighted by Gasteiger charge is 2.33. The molecule has 0 bridgehead atoms. The predicted octanol–water partition coefficient (Wildman–Crippen LogP) is 2.93. The van der Waals surface area contributed by atoms with E-state index in [0.717, 1.165) is 22.6 Å². The van der Waals surface area contributed by atoms with Crippen LogP contribution in [0.15, 0.2) is 48.5 Å². The minimum atomic E-state index is -0.904. The van der Waals surface area contributed by atoms with Crippen LogP contribution in [0.1, 0.15) is 17.5 Å². The summed E-state index contributed by atoms with van der Waals surface area (Å²) >= 11 is 0. The summed E-state index contributed by atoms with van der Waals surface area (Å²) in [6.45, 7) is 3.70. The summed E-state index contributed by atoms with van der Waals surface area (Å²) < 4.78 is 11.5. The number of aryl methyl sites for hydroxylation is 1. The largest absolute Gasteiger partial charge is 0.490 e. The van der Waals surface area contributed by atoms with E-state index >= 15 is 0 Å². The zero-order chi connectivity index (χ0) is 19.9. The van der Waals surface area contributed by atoms with E-state index in [2.05, 4.69) is 0 Å². The van der Waals surface area contributed by atoms with Gasteiger partial charge in [-0.1, -0.05) is 30.3 Å². The summed E-state index contributed by atoms with van der Waals surface area (Å²) in [6, 6.07) is 15.6. The number of likely N-dealkylation sites (tertiary alicyclic amines) is 1. The zero-order valence-corrected chi connectivity index (χ0v) is 16.0. The van der Waals surface area contributed by atoms with Crippen molar-refractivity contribution in [1.29, 1.82) is 0 Å². The second-order valence-electron chi connectivity index (χ2n) is 6.94. The monoisotopic (exact) mass is 383 g/mol. The molecule has 1 saturated heterocycles. The standard InChI is InChI=1S/C22H25NO5/c1-16-5-2-3-8-20(16)28-12-11-27-19-7-4-6-17(13-19)9-10-23-15-18(22(25)26)14-21(23)24/h2-8,13,18H,9-12,14-15H2,1H3,(H,25,26). The van der Waals surface area contributed by atoms with Crippen LogP contribution in [0.2, 0.25) is 0 Å². The second kappa shape index (κ2) is 9.26. The molecule has 1 aliphatic rings. The lowest BCUT2D eigenvalue weighted by Gasteiger charge is -2.16. The van der Waals surface area contributed by atoms with Crippen LogP contribution in [0.5, 0.6) is 11.5 Å². The Bertz CT molecular complexity index is 835. The Kier molecular flexibility index (Phi) is 6.53. The first-order valence-corrected chi connectivity index (χ1v) is 9.43. The average molecular weight is 383 g/mol. The van der Waals surface area contributed by atoms with Gasteiger partial charge < -0.3 is 19.5 Å². The van der Waals surface area contributed by atoms with E-state index in [1.54, 1.807) is 4.90 Å². The minimum absolute atomic E-state index is 0.0897. The molecule has 1 N–H and O–H groups in total. The highest BCUT2D eigenvalue weighted by Crippen LogP contribution is 2.20. The maximum Gasteiger partial charge on any atom is 0.308 e. The van der Waals surface area contributed by atoms with Gasteiger partial charge in [0.1, 0.15) is 24.7 Å². The normalized spacial score (nSPS) is 16.2. The van der Waals surface area contributed by atoms with Gasteiger partial charge in [0.15, 0.2) is 0 Å². The highest BCUT2D eigenvalue weighted by molar-refractivity contribution is 5.86. The number of carboxylic acid groups (broad SMARTS) is 1. The zero-order valence-electron chi connectivity index (χ0n) is 16.0. The molecule has 0 aromatic heterocycles. The molecule has 0 saturated carbocycles. The van der Waals surface area contributed by atoms with E-state index in [-0.39, 0.29) is 12.3 Å². The fourth-order valence-corrected chi connectivity index (χ4v) is 3.24. The van der Waals surface area contributed by atoms with Gasteiger partial charge in [0.2, 0.25) is 5.91 Å². The Hall–Kier alpha value is -3.02. The van der Waals surface area contributed by atoms with Gasteiger partial charge in [0.25, 0.3) is 0 Å². The third kappa shape index (κ3) is 5.25. The first kappa shape index (κ1) is 19.7. The molecule has 2 aromatic carbocycles. The van der Waals surface area contributed by atoms with Gasteiger partial charge in [-0.05, 0) is 42.7 Å². The molecule has 1 aliphatic heterocycles. The van der Waals surface area contributed by atoms with E-state index in [9.17, 15) is 9.59 Å². The number of amides is 1. The van der Waals surface area contributed by atoms with Crippen LogP contribution in [-0.4, -0.2) is 48.2 Å². The Labute approximate surface area is 164 Å². The van der Waals surface area contributed by atoms with Gasteiger partial charge in [0.05, 0.1) is 5.92 Å². The number of carbonyl (C=O) groups excluding carboxylic acids is 1. The summed E-state index contributed by atoms with van der Waals surface area (Å²) in [6.07, 6.45) is 0.758. The van der Waals surface area contributed by atoms with Gasteiger partial charge >= 0.3 is 5.97 Å². The number of hydrogen-bond acceptors (Lipinski definition) is 4. The van der Waals surface area contributed by atoms with Crippen molar-refractivity contribution in [2.24, 2.45) is 5.92 Å². The van der Waals surface area contributed by atoms with Crippen molar-refractivity contribution in [3.63, 3.8) is 0 Å². The van der Waals surface area contributed by atoms with Crippen LogP contribution in [0.3, 0.4) is 0 Å². The van der Waals surface area contributed by atoms with E-state index in [0.29, 0.717) is 32.7 Å². The maximum atomic E-state index is 11.9. The number of para-hydroxylation sites is 1. The third-order valence-electron chi connectivity index (χ3n) is 4.84. The van der Waals surface area contributed by atoms with Crippen LogP contribution in [0, 0.1) is 12.8 Å². The molecular weight excluding hydrogens is 358 g/mol. The van der Waals surface area contributed by atoms with Crippen molar-refractivity contribution < 1.29 is 24.2 Å². The van der Waals surface area contributed by atoms with E-state index in [1.807, 2.05) is 55.5 Å². The van der Waals surface area contributed by atoms with Gasteiger partial charge in [-0.25, -0.2) is 0 Å². The lowest BCUT2D eigenvalue weighted by molar-refractivity contribution is -0.141. The summed E-state index contributed by atoms with van der Waals surface area (Å²) in [7, 11) is 0. The van der Waals surface area contributed by atoms with Gasteiger partial charge in [-0.2, -0.15) is 0 Å². The number of carbonyl (C=O) groups is 2. The molecule has 0 spiro atoms. The van der Waals surface area contributed by atoms with Crippen molar-refractivity contribution in [2.45, 2.75) is 19.8 Å². The molecule has 0 radical (unpaired) electrons. The Morgan fingerprint density at radius 1 is 1.14 bits per heavy atom. The molecule has 1 fully saturated rings. The Morgan fingerprint density at radius 2 is 1.93 bits per heavy atom. The fraction of sp³-hybridized carbons (Fsp3) is 0.364. The van der Waals surface area contributed by atoms with Crippen LogP contribution in [-0.2, 0) is 16.0 Å². The first-order valence-electron chi connectivity index (χ1n) is 9.43. The molecule has 2 aromatic rings. The predicted molar refractivity (Wildman–Crippen MR) is 105 cm³/mol. The molecule has 6 nitrogen and oxygen atoms in total. The number of ether oxygens (including phenoxy) is 2. The molecule has 6 heteroatoms. The second-order valence-corrected chi connectivity index (χ2v) is 6.94. The smallest absolute Gasteiger partial charge is 0.308 e. The van der Waals surface area contributed by atoms with Gasteiger partial charge in [-0.3, -0.25) is 9.59 Å². The van der Waals surface area contributed by atoms with Crippen molar-refractivity contribution in [3.8, 4) is 11.5 Å². The lowest BCUT2D eigenvalue weighted by atomic mass is 10.1. The van der Waals surface area contributed by atoms with Crippen LogP contribution in [0.25, 0.3) is 0 Å². The minimum Gasteiger partial charge on any atom is -0.490 e. The quantitative estimate of drug-likeness (QED) is 0.674. The molecule has 1 amide bonds. The topological polar surface area (TPSA) is 76.1 Å².